The Morgan fingerprint density at radius 1 is 1.10 bits per heavy atom. The van der Waals surface area contributed by atoms with Gasteiger partial charge in [0.25, 0.3) is 0 Å². The van der Waals surface area contributed by atoms with E-state index in [1.165, 1.54) is 11.3 Å². The number of hydrogen-bond acceptors (Lipinski definition) is 4. The molecule has 2 aromatic carbocycles. The normalized spacial score (nSPS) is 11.0. The molecule has 0 saturated carbocycles. The lowest BCUT2D eigenvalue weighted by molar-refractivity contribution is -0.118. The number of carbonyl (C=O) groups is 1. The highest BCUT2D eigenvalue weighted by Crippen LogP contribution is 2.36. The Morgan fingerprint density at radius 3 is 2.66 bits per heavy atom. The zero-order valence-electron chi connectivity index (χ0n) is 16.2. The smallest absolute Gasteiger partial charge is 0.233 e. The number of nitrogens with zero attached hydrogens (tertiary/aromatic N) is 3. The van der Waals surface area contributed by atoms with Crippen LogP contribution < -0.4 is 4.90 Å². The van der Waals surface area contributed by atoms with E-state index in [2.05, 4.69) is 4.98 Å². The number of fused-ring (bicyclic) bond motifs is 1. The van der Waals surface area contributed by atoms with Crippen molar-refractivity contribution < 1.29 is 4.79 Å². The summed E-state index contributed by atoms with van der Waals surface area (Å²) < 4.78 is 0.904. The van der Waals surface area contributed by atoms with E-state index >= 15 is 0 Å². The van der Waals surface area contributed by atoms with Crippen LogP contribution in [0.5, 0.6) is 0 Å². The molecule has 0 atom stereocenters. The van der Waals surface area contributed by atoms with Crippen molar-refractivity contribution in [2.24, 2.45) is 0 Å². The Hall–Kier alpha value is -2.76. The van der Waals surface area contributed by atoms with Gasteiger partial charge in [0, 0.05) is 12.4 Å². The van der Waals surface area contributed by atoms with Gasteiger partial charge < -0.3 is 0 Å². The molecule has 4 aromatic rings. The predicted octanol–water partition coefficient (Wildman–Crippen LogP) is 5.74. The van der Waals surface area contributed by atoms with E-state index in [4.69, 9.17) is 16.6 Å². The standard InChI is InChI=1S/C23H20ClN3OS/c1-15-5-3-6-17(11-15)12-20(28)27(14-18-7-4-10-25-13-18)23-26-21-16(2)8-9-19(24)22(21)29-23/h3-11,13H,12,14H2,1-2H3. The average molecular weight is 422 g/mol. The second kappa shape index (κ2) is 8.31. The highest BCUT2D eigenvalue weighted by Gasteiger charge is 2.22. The minimum Gasteiger partial charge on any atom is -0.283 e. The summed E-state index contributed by atoms with van der Waals surface area (Å²) in [7, 11) is 0. The highest BCUT2D eigenvalue weighted by molar-refractivity contribution is 7.23. The third kappa shape index (κ3) is 4.31. The number of pyridine rings is 1. The van der Waals surface area contributed by atoms with E-state index in [1.807, 2.05) is 62.4 Å². The summed E-state index contributed by atoms with van der Waals surface area (Å²) in [5, 5.41) is 1.31. The zero-order valence-corrected chi connectivity index (χ0v) is 17.8. The lowest BCUT2D eigenvalue weighted by atomic mass is 10.1. The van der Waals surface area contributed by atoms with Crippen molar-refractivity contribution in [2.75, 3.05) is 4.90 Å². The average Bonchev–Trinajstić information content (AvgIpc) is 3.16. The maximum absolute atomic E-state index is 13.3. The number of aromatic nitrogens is 2. The van der Waals surface area contributed by atoms with Crippen LogP contribution in [-0.2, 0) is 17.8 Å². The quantitative estimate of drug-likeness (QED) is 0.413. The van der Waals surface area contributed by atoms with Crippen LogP contribution in [0.25, 0.3) is 10.2 Å². The Balaban J connectivity index is 1.73. The van der Waals surface area contributed by atoms with Crippen molar-refractivity contribution in [3.8, 4) is 0 Å². The molecule has 4 rings (SSSR count). The van der Waals surface area contributed by atoms with Crippen LogP contribution in [0.1, 0.15) is 22.3 Å². The fourth-order valence-electron chi connectivity index (χ4n) is 3.24. The van der Waals surface area contributed by atoms with E-state index in [9.17, 15) is 4.79 Å². The molecule has 0 radical (unpaired) electrons. The van der Waals surface area contributed by atoms with Gasteiger partial charge >= 0.3 is 0 Å². The number of hydrogen-bond donors (Lipinski definition) is 0. The summed E-state index contributed by atoms with van der Waals surface area (Å²) in [5.74, 6) is -0.00714. The molecule has 29 heavy (non-hydrogen) atoms. The van der Waals surface area contributed by atoms with Crippen molar-refractivity contribution in [3.05, 3.63) is 88.2 Å². The van der Waals surface area contributed by atoms with Crippen LogP contribution in [0.15, 0.2) is 60.9 Å². The number of rotatable bonds is 5. The summed E-state index contributed by atoms with van der Waals surface area (Å²) in [6.07, 6.45) is 3.81. The van der Waals surface area contributed by atoms with Crippen molar-refractivity contribution >= 4 is 44.2 Å². The molecule has 0 unspecified atom stereocenters. The first kappa shape index (κ1) is 19.6. The van der Waals surface area contributed by atoms with E-state index in [-0.39, 0.29) is 5.91 Å². The molecule has 1 amide bonds. The first-order valence-electron chi connectivity index (χ1n) is 9.32. The minimum absolute atomic E-state index is 0.00714. The molecule has 0 aliphatic rings. The third-order valence-corrected chi connectivity index (χ3v) is 6.26. The number of anilines is 1. The topological polar surface area (TPSA) is 46.1 Å². The number of benzene rings is 2. The first-order valence-corrected chi connectivity index (χ1v) is 10.5. The van der Waals surface area contributed by atoms with Crippen LogP contribution in [0.4, 0.5) is 5.13 Å². The molecular formula is C23H20ClN3OS. The Bertz CT molecular complexity index is 1130. The summed E-state index contributed by atoms with van der Waals surface area (Å²) in [4.78, 5) is 24.0. The van der Waals surface area contributed by atoms with Crippen molar-refractivity contribution in [2.45, 2.75) is 26.8 Å². The molecule has 0 aliphatic heterocycles. The molecule has 0 spiro atoms. The lowest BCUT2D eigenvalue weighted by Gasteiger charge is -2.20. The predicted molar refractivity (Wildman–Crippen MR) is 120 cm³/mol. The molecule has 0 bridgehead atoms. The first-order chi connectivity index (χ1) is 14.0. The maximum atomic E-state index is 13.3. The summed E-state index contributed by atoms with van der Waals surface area (Å²) in [6, 6.07) is 15.7. The van der Waals surface area contributed by atoms with E-state index < -0.39 is 0 Å². The van der Waals surface area contributed by atoms with Gasteiger partial charge in [0.1, 0.15) is 0 Å². The van der Waals surface area contributed by atoms with Crippen LogP contribution >= 0.6 is 22.9 Å². The minimum atomic E-state index is -0.00714. The number of halogens is 1. The summed E-state index contributed by atoms with van der Waals surface area (Å²) in [5.41, 5.74) is 4.96. The van der Waals surface area contributed by atoms with Gasteiger partial charge in [-0.2, -0.15) is 0 Å². The molecule has 2 aromatic heterocycles. The monoisotopic (exact) mass is 421 g/mol. The molecule has 146 valence electrons. The largest absolute Gasteiger partial charge is 0.283 e. The summed E-state index contributed by atoms with van der Waals surface area (Å²) >= 11 is 7.84. The second-order valence-corrected chi connectivity index (χ2v) is 8.43. The number of amides is 1. The number of carbonyl (C=O) groups excluding carboxylic acids is 1. The molecule has 4 nitrogen and oxygen atoms in total. The van der Waals surface area contributed by atoms with Crippen molar-refractivity contribution in [3.63, 3.8) is 0 Å². The SMILES string of the molecule is Cc1cccc(CC(=O)N(Cc2cccnc2)c2nc3c(C)ccc(Cl)c3s2)c1. The van der Waals surface area contributed by atoms with E-state index in [0.29, 0.717) is 23.1 Å². The van der Waals surface area contributed by atoms with Gasteiger partial charge in [0.15, 0.2) is 5.13 Å². The fourth-order valence-corrected chi connectivity index (χ4v) is 4.57. The second-order valence-electron chi connectivity index (χ2n) is 7.05. The molecule has 0 fully saturated rings. The van der Waals surface area contributed by atoms with Gasteiger partial charge in [-0.3, -0.25) is 14.7 Å². The van der Waals surface area contributed by atoms with Gasteiger partial charge in [-0.05, 0) is 42.7 Å². The molecule has 2 heterocycles. The number of thiazole rings is 1. The van der Waals surface area contributed by atoms with Gasteiger partial charge in [0.2, 0.25) is 5.91 Å². The van der Waals surface area contributed by atoms with Gasteiger partial charge in [-0.15, -0.1) is 0 Å². The van der Waals surface area contributed by atoms with Crippen molar-refractivity contribution in [1.29, 1.82) is 0 Å². The van der Waals surface area contributed by atoms with Crippen LogP contribution in [0, 0.1) is 13.8 Å². The van der Waals surface area contributed by atoms with Crippen molar-refractivity contribution in [1.82, 2.24) is 9.97 Å². The maximum Gasteiger partial charge on any atom is 0.233 e. The Labute approximate surface area is 178 Å². The fraction of sp³-hybridized carbons (Fsp3) is 0.174. The van der Waals surface area contributed by atoms with Gasteiger partial charge in [-0.25, -0.2) is 4.98 Å². The Kier molecular flexibility index (Phi) is 5.60. The summed E-state index contributed by atoms with van der Waals surface area (Å²) in [6.45, 7) is 4.44. The van der Waals surface area contributed by atoms with E-state index in [0.717, 1.165) is 32.5 Å². The molecule has 6 heteroatoms. The molecule has 0 aliphatic carbocycles. The highest BCUT2D eigenvalue weighted by atomic mass is 35.5. The molecular weight excluding hydrogens is 402 g/mol. The number of aryl methyl sites for hydroxylation is 2. The lowest BCUT2D eigenvalue weighted by Crippen LogP contribution is -2.31. The van der Waals surface area contributed by atoms with E-state index in [1.54, 1.807) is 17.3 Å². The van der Waals surface area contributed by atoms with Crippen LogP contribution in [0.3, 0.4) is 0 Å². The van der Waals surface area contributed by atoms with Gasteiger partial charge in [0.05, 0.1) is 28.2 Å². The molecule has 0 N–H and O–H groups in total. The van der Waals surface area contributed by atoms with Crippen LogP contribution in [0.2, 0.25) is 5.02 Å². The third-order valence-electron chi connectivity index (χ3n) is 4.72. The van der Waals surface area contributed by atoms with Gasteiger partial charge in [-0.1, -0.05) is 64.9 Å². The Morgan fingerprint density at radius 2 is 1.93 bits per heavy atom. The zero-order chi connectivity index (χ0) is 20.4. The molecule has 0 saturated heterocycles. The van der Waals surface area contributed by atoms with Crippen LogP contribution in [-0.4, -0.2) is 15.9 Å².